The Morgan fingerprint density at radius 3 is 3.25 bits per heavy atom. The average Bonchev–Trinajstić information content (AvgIpc) is 2.20. The molecule has 3 heteroatoms. The number of methoxy groups -OCH3 is 1. The van der Waals surface area contributed by atoms with Crippen molar-refractivity contribution in [3.63, 3.8) is 0 Å². The molecule has 0 heterocycles. The van der Waals surface area contributed by atoms with Crippen LogP contribution in [-0.4, -0.2) is 18.7 Å². The Labute approximate surface area is 76.1 Å². The quantitative estimate of drug-likeness (QED) is 0.706. The van der Waals surface area contributed by atoms with Crippen molar-refractivity contribution in [2.24, 2.45) is 5.72 Å². The monoisotopic (exact) mass is 170 g/mol. The first-order valence-electron chi connectivity index (χ1n) is 5.07. The summed E-state index contributed by atoms with van der Waals surface area (Å²) in [6.45, 7) is -0.945. The molecule has 66 valence electrons. The van der Waals surface area contributed by atoms with Crippen LogP contribution in [0.15, 0.2) is 18.2 Å². The van der Waals surface area contributed by atoms with Crippen molar-refractivity contribution < 1.29 is 14.0 Å². The van der Waals surface area contributed by atoms with Crippen LogP contribution in [0.1, 0.15) is 6.93 Å². The molecule has 1 atom stereocenters. The summed E-state index contributed by atoms with van der Waals surface area (Å²) in [5.41, 5.74) is 1.08. The predicted octanol–water partition coefficient (Wildman–Crippen LogP) is 0.902. The molecule has 0 aromatic heterocycles. The topological polar surface area (TPSA) is 55.5 Å². The highest BCUT2D eigenvalue weighted by molar-refractivity contribution is 5.41. The molecule has 0 fully saturated rings. The van der Waals surface area contributed by atoms with Gasteiger partial charge < -0.3 is 15.6 Å². The summed E-state index contributed by atoms with van der Waals surface area (Å²) in [4.78, 5) is 0. The molecule has 0 aliphatic carbocycles. The van der Waals surface area contributed by atoms with Gasteiger partial charge in [-0.3, -0.25) is 0 Å². The fraction of sp³-hybridized carbons (Fsp3) is 0.333. The van der Waals surface area contributed by atoms with Gasteiger partial charge in [0, 0.05) is 1.37 Å². The Morgan fingerprint density at radius 2 is 2.58 bits per heavy atom. The van der Waals surface area contributed by atoms with Crippen LogP contribution in [0.25, 0.3) is 0 Å². The number of aromatic hydroxyl groups is 1. The summed E-state index contributed by atoms with van der Waals surface area (Å²) >= 11 is 0. The second-order valence-electron chi connectivity index (χ2n) is 2.39. The number of hydrogen-bond donors (Lipinski definition) is 2. The lowest BCUT2D eigenvalue weighted by atomic mass is 10.1. The van der Waals surface area contributed by atoms with Gasteiger partial charge in [-0.15, -0.1) is 0 Å². The number of phenolic OH excluding ortho intramolecular Hbond substituents is 1. The Kier molecular flexibility index (Phi) is 1.80. The van der Waals surface area contributed by atoms with E-state index in [2.05, 4.69) is 0 Å². The van der Waals surface area contributed by atoms with Crippen molar-refractivity contribution in [1.82, 2.24) is 0 Å². The number of ether oxygens (including phenoxy) is 1. The maximum Gasteiger partial charge on any atom is 0.160 e. The van der Waals surface area contributed by atoms with Gasteiger partial charge in [0.15, 0.2) is 11.5 Å². The minimum atomic E-state index is -0.945. The van der Waals surface area contributed by atoms with Gasteiger partial charge in [-0.2, -0.15) is 0 Å². The van der Waals surface area contributed by atoms with Gasteiger partial charge in [0.1, 0.15) is 2.82 Å². The van der Waals surface area contributed by atoms with E-state index in [1.807, 2.05) is 0 Å². The normalized spacial score (nSPS) is 16.3. The van der Waals surface area contributed by atoms with E-state index in [1.54, 1.807) is 12.1 Å². The van der Waals surface area contributed by atoms with Crippen molar-refractivity contribution in [3.05, 3.63) is 23.8 Å². The first kappa shape index (κ1) is 5.43. The number of hydrogen-bond acceptors (Lipinski definition) is 3. The molecule has 1 aromatic carbocycles. The molecule has 0 bridgehead atoms. The van der Waals surface area contributed by atoms with E-state index < -0.39 is 6.52 Å². The van der Waals surface area contributed by atoms with Gasteiger partial charge in [-0.25, -0.2) is 0 Å². The van der Waals surface area contributed by atoms with E-state index >= 15 is 0 Å². The van der Waals surface area contributed by atoms with E-state index in [-0.39, 0.29) is 12.2 Å². The molecule has 0 saturated carbocycles. The molecule has 1 unspecified atom stereocenters. The van der Waals surface area contributed by atoms with Crippen molar-refractivity contribution in [3.8, 4) is 11.5 Å². The number of nitrogens with two attached hydrogens (primary N) is 1. The number of aryl methyl sites for hydroxylation is 1. The van der Waals surface area contributed by atoms with Gasteiger partial charge in [0.05, 0.1) is 7.11 Å². The van der Waals surface area contributed by atoms with Crippen LogP contribution in [0.3, 0.4) is 0 Å². The van der Waals surface area contributed by atoms with E-state index in [0.717, 1.165) is 5.56 Å². The van der Waals surface area contributed by atoms with E-state index in [1.165, 1.54) is 13.2 Å². The molecule has 12 heavy (non-hydrogen) atoms. The zero-order valence-electron chi connectivity index (χ0n) is 9.82. The molecule has 0 radical (unpaired) electrons. The summed E-state index contributed by atoms with van der Waals surface area (Å²) < 4.78 is 26.1. The first-order valence-corrected chi connectivity index (χ1v) is 3.59. The van der Waals surface area contributed by atoms with Crippen LogP contribution in [0.5, 0.6) is 11.5 Å². The molecule has 1 aromatic rings. The van der Waals surface area contributed by atoms with E-state index in [0.29, 0.717) is 11.5 Å². The SMILES string of the molecule is [2H]C(Cc1ccc(O)c(OC)c1)N([2H])[2H]. The number of rotatable bonds is 4. The molecule has 0 aliphatic heterocycles. The van der Waals surface area contributed by atoms with Gasteiger partial charge in [0.2, 0.25) is 0 Å². The summed E-state index contributed by atoms with van der Waals surface area (Å²) in [7, 11) is 1.44. The van der Waals surface area contributed by atoms with Crippen molar-refractivity contribution >= 4 is 0 Å². The second kappa shape index (κ2) is 3.97. The van der Waals surface area contributed by atoms with Crippen LogP contribution in [0, 0.1) is 0 Å². The highest BCUT2D eigenvalue weighted by Gasteiger charge is 2.00. The standard InChI is InChI=1S/C9H13NO2/c1-12-9-6-7(4-5-10)2-3-8(9)11/h2-3,6,11H,4-5,10H2,1H3/i5D/hD2. The third-order valence-corrected chi connectivity index (χ3v) is 1.57. The number of phenols is 1. The Balaban J connectivity index is 2.78. The second-order valence-corrected chi connectivity index (χ2v) is 2.39. The van der Waals surface area contributed by atoms with Gasteiger partial charge in [0.25, 0.3) is 0 Å². The summed E-state index contributed by atoms with van der Waals surface area (Å²) in [6, 6.07) is 4.71. The minimum absolute atomic E-state index is 0.0383. The molecule has 0 aliphatic rings. The lowest BCUT2D eigenvalue weighted by Crippen LogP contribution is -2.02. The maximum absolute atomic E-state index is 9.32. The van der Waals surface area contributed by atoms with Crippen LogP contribution in [0.2, 0.25) is 2.82 Å². The molecule has 0 saturated heterocycles. The first-order chi connectivity index (χ1) is 7.04. The lowest BCUT2D eigenvalue weighted by molar-refractivity contribution is 0.373. The molecular formula is C9H13NO2. The largest absolute Gasteiger partial charge is 0.504 e. The zero-order valence-corrected chi connectivity index (χ0v) is 6.82. The van der Waals surface area contributed by atoms with Crippen LogP contribution < -0.4 is 10.5 Å². The summed E-state index contributed by atoms with van der Waals surface area (Å²) in [5, 5.41) is 9.32. The summed E-state index contributed by atoms with van der Waals surface area (Å²) in [6.07, 6.45) is 0.240. The van der Waals surface area contributed by atoms with Crippen LogP contribution in [-0.2, 0) is 6.42 Å². The maximum atomic E-state index is 9.32. The van der Waals surface area contributed by atoms with Crippen LogP contribution in [0.4, 0.5) is 0 Å². The number of benzene rings is 1. The molecular weight excluding hydrogens is 154 g/mol. The fourth-order valence-electron chi connectivity index (χ4n) is 0.954. The summed E-state index contributed by atoms with van der Waals surface area (Å²) in [5.74, 6) is 0.373. The predicted molar refractivity (Wildman–Crippen MR) is 47.4 cm³/mol. The van der Waals surface area contributed by atoms with E-state index in [4.69, 9.17) is 8.93 Å². The molecule has 1 rings (SSSR count). The Hall–Kier alpha value is -1.22. The van der Waals surface area contributed by atoms with E-state index in [9.17, 15) is 5.11 Å². The molecule has 3 nitrogen and oxygen atoms in total. The van der Waals surface area contributed by atoms with Crippen LogP contribution >= 0.6 is 0 Å². The smallest absolute Gasteiger partial charge is 0.160 e. The minimum Gasteiger partial charge on any atom is -0.504 e. The van der Waals surface area contributed by atoms with Crippen molar-refractivity contribution in [1.29, 1.82) is 0 Å². The third-order valence-electron chi connectivity index (χ3n) is 1.57. The van der Waals surface area contributed by atoms with Gasteiger partial charge >= 0.3 is 0 Å². The third kappa shape index (κ3) is 1.89. The molecule has 0 spiro atoms. The van der Waals surface area contributed by atoms with Gasteiger partial charge in [-0.1, -0.05) is 6.07 Å². The van der Waals surface area contributed by atoms with Crippen molar-refractivity contribution in [2.45, 2.75) is 6.42 Å². The lowest BCUT2D eigenvalue weighted by Gasteiger charge is -2.05. The van der Waals surface area contributed by atoms with Gasteiger partial charge in [-0.05, 0) is 30.6 Å². The zero-order chi connectivity index (χ0) is 11.4. The van der Waals surface area contributed by atoms with Crippen molar-refractivity contribution in [2.75, 3.05) is 13.6 Å². The highest BCUT2D eigenvalue weighted by Crippen LogP contribution is 2.26. The fourth-order valence-corrected chi connectivity index (χ4v) is 0.954. The Bertz CT molecular complexity index is 333. The molecule has 3 N–H and O–H groups in total. The average molecular weight is 170 g/mol. The molecule has 0 amide bonds. The highest BCUT2D eigenvalue weighted by atomic mass is 16.5. The Morgan fingerprint density at radius 1 is 1.75 bits per heavy atom.